The summed E-state index contributed by atoms with van der Waals surface area (Å²) >= 11 is 1.62. The Bertz CT molecular complexity index is 561. The number of carbonyl (C=O) groups is 1. The molecule has 1 heterocycles. The largest absolute Gasteiger partial charge is 0.339 e. The highest BCUT2D eigenvalue weighted by Gasteiger charge is 2.10. The van der Waals surface area contributed by atoms with Crippen LogP contribution in [0.4, 0.5) is 0 Å². The molecule has 0 amide bonds. The molecular weight excluding hydrogens is 260 g/mol. The lowest BCUT2D eigenvalue weighted by Crippen LogP contribution is -1.91. The Morgan fingerprint density at radius 3 is 2.53 bits per heavy atom. The Balaban J connectivity index is 1.96. The fourth-order valence-corrected chi connectivity index (χ4v) is 2.24. The molecule has 2 aromatic rings. The molecule has 0 radical (unpaired) electrons. The van der Waals surface area contributed by atoms with Gasteiger partial charge < -0.3 is 4.52 Å². The van der Waals surface area contributed by atoms with E-state index in [4.69, 9.17) is 4.52 Å². The SMILES string of the molecule is CC(=O)c1ccc(SCc2noc(C(C)C)n2)cc1. The third kappa shape index (κ3) is 3.67. The minimum absolute atomic E-state index is 0.0799. The molecule has 19 heavy (non-hydrogen) atoms. The first-order valence-electron chi connectivity index (χ1n) is 6.12. The van der Waals surface area contributed by atoms with Crippen molar-refractivity contribution in [3.63, 3.8) is 0 Å². The van der Waals surface area contributed by atoms with Gasteiger partial charge in [0, 0.05) is 16.4 Å². The predicted molar refractivity (Wildman–Crippen MR) is 74.4 cm³/mol. The van der Waals surface area contributed by atoms with E-state index in [2.05, 4.69) is 10.1 Å². The minimum atomic E-state index is 0.0799. The summed E-state index contributed by atoms with van der Waals surface area (Å²) in [4.78, 5) is 16.6. The molecule has 4 nitrogen and oxygen atoms in total. The van der Waals surface area contributed by atoms with Crippen LogP contribution in [0.25, 0.3) is 0 Å². The molecule has 0 fully saturated rings. The van der Waals surface area contributed by atoms with Crippen molar-refractivity contribution in [2.24, 2.45) is 0 Å². The molecule has 0 aliphatic heterocycles. The van der Waals surface area contributed by atoms with Gasteiger partial charge in [-0.1, -0.05) is 31.1 Å². The second kappa shape index (κ2) is 6.02. The average molecular weight is 276 g/mol. The molecule has 100 valence electrons. The maximum absolute atomic E-state index is 11.2. The smallest absolute Gasteiger partial charge is 0.229 e. The summed E-state index contributed by atoms with van der Waals surface area (Å²) in [5.74, 6) is 2.36. The number of ketones is 1. The summed E-state index contributed by atoms with van der Waals surface area (Å²) in [6, 6.07) is 7.54. The third-order valence-corrected chi connectivity index (χ3v) is 3.61. The highest BCUT2D eigenvalue weighted by atomic mass is 32.2. The van der Waals surface area contributed by atoms with Crippen molar-refractivity contribution in [2.45, 2.75) is 37.3 Å². The van der Waals surface area contributed by atoms with Crippen LogP contribution < -0.4 is 0 Å². The molecule has 5 heteroatoms. The Morgan fingerprint density at radius 1 is 1.32 bits per heavy atom. The Labute approximate surface area is 116 Å². The zero-order valence-electron chi connectivity index (χ0n) is 11.2. The van der Waals surface area contributed by atoms with Gasteiger partial charge in [-0.05, 0) is 19.1 Å². The van der Waals surface area contributed by atoms with Gasteiger partial charge in [0.1, 0.15) is 0 Å². The summed E-state index contributed by atoms with van der Waals surface area (Å²) < 4.78 is 5.15. The molecule has 0 aliphatic rings. The molecule has 0 bridgehead atoms. The van der Waals surface area contributed by atoms with E-state index in [1.165, 1.54) is 0 Å². The number of rotatable bonds is 5. The van der Waals surface area contributed by atoms with Crippen LogP contribution in [0.5, 0.6) is 0 Å². The molecule has 0 N–H and O–H groups in total. The number of hydrogen-bond donors (Lipinski definition) is 0. The molecule has 0 unspecified atom stereocenters. The highest BCUT2D eigenvalue weighted by molar-refractivity contribution is 7.98. The number of hydrogen-bond acceptors (Lipinski definition) is 5. The first-order chi connectivity index (χ1) is 9.06. The van der Waals surface area contributed by atoms with Gasteiger partial charge in [0.05, 0.1) is 5.75 Å². The lowest BCUT2D eigenvalue weighted by molar-refractivity contribution is 0.101. The number of carbonyl (C=O) groups excluding carboxylic acids is 1. The quantitative estimate of drug-likeness (QED) is 0.616. The van der Waals surface area contributed by atoms with Crippen LogP contribution in [0.15, 0.2) is 33.7 Å². The van der Waals surface area contributed by atoms with Gasteiger partial charge in [-0.2, -0.15) is 4.98 Å². The van der Waals surface area contributed by atoms with Gasteiger partial charge in [-0.25, -0.2) is 0 Å². The highest BCUT2D eigenvalue weighted by Crippen LogP contribution is 2.22. The predicted octanol–water partition coefficient (Wildman–Crippen LogP) is 3.69. The van der Waals surface area contributed by atoms with E-state index in [0.29, 0.717) is 17.5 Å². The van der Waals surface area contributed by atoms with Gasteiger partial charge in [0.15, 0.2) is 11.6 Å². The van der Waals surface area contributed by atoms with Gasteiger partial charge in [0.2, 0.25) is 5.89 Å². The number of aromatic nitrogens is 2. The maximum atomic E-state index is 11.2. The molecule has 2 rings (SSSR count). The molecular formula is C14H16N2O2S. The Morgan fingerprint density at radius 2 is 2.00 bits per heavy atom. The van der Waals surface area contributed by atoms with Gasteiger partial charge in [-0.3, -0.25) is 4.79 Å². The second-order valence-electron chi connectivity index (χ2n) is 4.57. The van der Waals surface area contributed by atoms with Crippen LogP contribution in [-0.2, 0) is 5.75 Å². The van der Waals surface area contributed by atoms with E-state index in [1.807, 2.05) is 38.1 Å². The number of nitrogens with zero attached hydrogens (tertiary/aromatic N) is 2. The fraction of sp³-hybridized carbons (Fsp3) is 0.357. The maximum Gasteiger partial charge on any atom is 0.229 e. The van der Waals surface area contributed by atoms with Crippen molar-refractivity contribution in [3.8, 4) is 0 Å². The lowest BCUT2D eigenvalue weighted by Gasteiger charge is -2.00. The van der Waals surface area contributed by atoms with E-state index in [0.717, 1.165) is 10.5 Å². The van der Waals surface area contributed by atoms with E-state index < -0.39 is 0 Å². The minimum Gasteiger partial charge on any atom is -0.339 e. The number of benzene rings is 1. The first-order valence-corrected chi connectivity index (χ1v) is 7.11. The average Bonchev–Trinajstić information content (AvgIpc) is 2.86. The van der Waals surface area contributed by atoms with E-state index in [9.17, 15) is 4.79 Å². The monoisotopic (exact) mass is 276 g/mol. The zero-order valence-corrected chi connectivity index (χ0v) is 12.0. The standard InChI is InChI=1S/C14H16N2O2S/c1-9(2)14-15-13(16-18-14)8-19-12-6-4-11(5-7-12)10(3)17/h4-7,9H,8H2,1-3H3. The summed E-state index contributed by atoms with van der Waals surface area (Å²) in [6.45, 7) is 5.60. The van der Waals surface area contributed by atoms with Crippen molar-refractivity contribution in [1.29, 1.82) is 0 Å². The molecule has 0 spiro atoms. The molecule has 0 saturated carbocycles. The van der Waals surface area contributed by atoms with Crippen LogP contribution in [-0.4, -0.2) is 15.9 Å². The van der Waals surface area contributed by atoms with Crippen molar-refractivity contribution >= 4 is 17.5 Å². The van der Waals surface area contributed by atoms with Crippen LogP contribution in [0, 0.1) is 0 Å². The topological polar surface area (TPSA) is 56.0 Å². The second-order valence-corrected chi connectivity index (χ2v) is 5.62. The van der Waals surface area contributed by atoms with Crippen LogP contribution in [0.3, 0.4) is 0 Å². The fourth-order valence-electron chi connectivity index (χ4n) is 1.49. The van der Waals surface area contributed by atoms with Gasteiger partial charge in [0.25, 0.3) is 0 Å². The summed E-state index contributed by atoms with van der Waals surface area (Å²) in [7, 11) is 0. The molecule has 0 atom stereocenters. The molecule has 0 aliphatic carbocycles. The first kappa shape index (κ1) is 13.8. The summed E-state index contributed by atoms with van der Waals surface area (Å²) in [5, 5.41) is 3.94. The Kier molecular flexibility index (Phi) is 4.37. The lowest BCUT2D eigenvalue weighted by atomic mass is 10.2. The van der Waals surface area contributed by atoms with E-state index in [-0.39, 0.29) is 11.7 Å². The van der Waals surface area contributed by atoms with Crippen molar-refractivity contribution in [2.75, 3.05) is 0 Å². The normalized spacial score (nSPS) is 10.9. The van der Waals surface area contributed by atoms with Gasteiger partial charge in [-0.15, -0.1) is 11.8 Å². The van der Waals surface area contributed by atoms with Crippen LogP contribution in [0.1, 0.15) is 48.8 Å². The van der Waals surface area contributed by atoms with Crippen molar-refractivity contribution < 1.29 is 9.32 Å². The van der Waals surface area contributed by atoms with Crippen molar-refractivity contribution in [3.05, 3.63) is 41.5 Å². The Hall–Kier alpha value is -1.62. The van der Waals surface area contributed by atoms with E-state index >= 15 is 0 Å². The van der Waals surface area contributed by atoms with Gasteiger partial charge >= 0.3 is 0 Å². The van der Waals surface area contributed by atoms with Crippen LogP contribution in [0.2, 0.25) is 0 Å². The molecule has 0 saturated heterocycles. The third-order valence-electron chi connectivity index (χ3n) is 2.61. The summed E-state index contributed by atoms with van der Waals surface area (Å²) in [5.41, 5.74) is 0.728. The van der Waals surface area contributed by atoms with Crippen LogP contribution >= 0.6 is 11.8 Å². The number of thioether (sulfide) groups is 1. The van der Waals surface area contributed by atoms with Crippen molar-refractivity contribution in [1.82, 2.24) is 10.1 Å². The summed E-state index contributed by atoms with van der Waals surface area (Å²) in [6.07, 6.45) is 0. The zero-order chi connectivity index (χ0) is 13.8. The van der Waals surface area contributed by atoms with E-state index in [1.54, 1.807) is 18.7 Å². The molecule has 1 aromatic heterocycles. The molecule has 1 aromatic carbocycles. The number of Topliss-reactive ketones (excluding diaryl/α,β-unsaturated/α-hetero) is 1.